The standard InChI is InChI=1S/C18H19NO/c1-11-17-16(13-6-4-5-7-15(13)20-17)12-8-9-18(2,3)10-14(12)19-11/h4-7H,8-10H2,1-3H3. The molecular formula is C18H19NO. The van der Waals surface area contributed by atoms with Gasteiger partial charge in [-0.1, -0.05) is 32.0 Å². The highest BCUT2D eigenvalue weighted by Crippen LogP contribution is 2.41. The number of para-hydroxylation sites is 1. The molecule has 1 aliphatic carbocycles. The van der Waals surface area contributed by atoms with Crippen LogP contribution in [0.2, 0.25) is 0 Å². The van der Waals surface area contributed by atoms with Crippen molar-refractivity contribution in [1.82, 2.24) is 4.98 Å². The number of aromatic nitrogens is 1. The number of hydrogen-bond donors (Lipinski definition) is 0. The molecule has 0 radical (unpaired) electrons. The molecule has 102 valence electrons. The Morgan fingerprint density at radius 1 is 1.20 bits per heavy atom. The summed E-state index contributed by atoms with van der Waals surface area (Å²) < 4.78 is 6.04. The van der Waals surface area contributed by atoms with Gasteiger partial charge in [0.05, 0.1) is 5.69 Å². The van der Waals surface area contributed by atoms with Crippen LogP contribution in [0.25, 0.3) is 21.9 Å². The fourth-order valence-electron chi connectivity index (χ4n) is 3.49. The van der Waals surface area contributed by atoms with Gasteiger partial charge in [-0.3, -0.25) is 4.98 Å². The first-order valence-electron chi connectivity index (χ1n) is 7.35. The summed E-state index contributed by atoms with van der Waals surface area (Å²) in [5.41, 5.74) is 6.02. The van der Waals surface area contributed by atoms with E-state index in [-0.39, 0.29) is 0 Å². The van der Waals surface area contributed by atoms with Gasteiger partial charge in [0.25, 0.3) is 0 Å². The fourth-order valence-corrected chi connectivity index (χ4v) is 3.49. The number of furan rings is 1. The van der Waals surface area contributed by atoms with Gasteiger partial charge in [0.1, 0.15) is 5.58 Å². The molecule has 0 aliphatic heterocycles. The van der Waals surface area contributed by atoms with Gasteiger partial charge in [-0.2, -0.15) is 0 Å². The first kappa shape index (κ1) is 12.0. The molecule has 1 aliphatic rings. The maximum absolute atomic E-state index is 6.04. The summed E-state index contributed by atoms with van der Waals surface area (Å²) in [6, 6.07) is 8.34. The van der Waals surface area contributed by atoms with Gasteiger partial charge in [0, 0.05) is 16.5 Å². The molecule has 1 aromatic carbocycles. The van der Waals surface area contributed by atoms with E-state index >= 15 is 0 Å². The molecule has 2 nitrogen and oxygen atoms in total. The van der Waals surface area contributed by atoms with E-state index in [4.69, 9.17) is 9.40 Å². The molecule has 2 aromatic heterocycles. The minimum atomic E-state index is 0.361. The van der Waals surface area contributed by atoms with Crippen LogP contribution in [0.15, 0.2) is 28.7 Å². The molecule has 2 heteroatoms. The Bertz CT molecular complexity index is 826. The molecule has 0 saturated carbocycles. The van der Waals surface area contributed by atoms with Crippen LogP contribution in [-0.4, -0.2) is 4.98 Å². The maximum Gasteiger partial charge on any atom is 0.156 e. The second-order valence-electron chi connectivity index (χ2n) is 6.77. The van der Waals surface area contributed by atoms with Crippen LogP contribution >= 0.6 is 0 Å². The highest BCUT2D eigenvalue weighted by molar-refractivity contribution is 6.07. The van der Waals surface area contributed by atoms with Crippen LogP contribution in [0.4, 0.5) is 0 Å². The van der Waals surface area contributed by atoms with Crippen LogP contribution < -0.4 is 0 Å². The van der Waals surface area contributed by atoms with Crippen molar-refractivity contribution < 1.29 is 4.42 Å². The summed E-state index contributed by atoms with van der Waals surface area (Å²) in [6.07, 6.45) is 3.40. The van der Waals surface area contributed by atoms with Gasteiger partial charge in [-0.05, 0) is 43.2 Å². The molecule has 0 fully saturated rings. The normalized spacial score (nSPS) is 17.6. The van der Waals surface area contributed by atoms with Gasteiger partial charge in [0.2, 0.25) is 0 Å². The molecule has 20 heavy (non-hydrogen) atoms. The van der Waals surface area contributed by atoms with E-state index in [1.54, 1.807) is 0 Å². The zero-order chi connectivity index (χ0) is 13.9. The average Bonchev–Trinajstić information content (AvgIpc) is 2.78. The summed E-state index contributed by atoms with van der Waals surface area (Å²) in [4.78, 5) is 4.84. The van der Waals surface area contributed by atoms with Gasteiger partial charge in [-0.15, -0.1) is 0 Å². The van der Waals surface area contributed by atoms with E-state index < -0.39 is 0 Å². The number of fused-ring (bicyclic) bond motifs is 5. The second-order valence-corrected chi connectivity index (χ2v) is 6.77. The largest absolute Gasteiger partial charge is 0.454 e. The third-order valence-corrected chi connectivity index (χ3v) is 4.57. The lowest BCUT2D eigenvalue weighted by Crippen LogP contribution is -2.23. The van der Waals surface area contributed by atoms with E-state index in [0.717, 1.165) is 29.7 Å². The SMILES string of the molecule is Cc1nc2c(c3c1oc1ccccc13)CCC(C)(C)C2. The van der Waals surface area contributed by atoms with Crippen molar-refractivity contribution >= 4 is 21.9 Å². The van der Waals surface area contributed by atoms with E-state index in [9.17, 15) is 0 Å². The molecule has 0 saturated heterocycles. The molecule has 2 heterocycles. The van der Waals surface area contributed by atoms with Gasteiger partial charge in [0.15, 0.2) is 5.58 Å². The summed E-state index contributed by atoms with van der Waals surface area (Å²) in [5, 5.41) is 2.54. The predicted molar refractivity (Wildman–Crippen MR) is 82.1 cm³/mol. The maximum atomic E-state index is 6.04. The van der Waals surface area contributed by atoms with Gasteiger partial charge in [-0.25, -0.2) is 0 Å². The van der Waals surface area contributed by atoms with Crippen LogP contribution in [0.5, 0.6) is 0 Å². The van der Waals surface area contributed by atoms with E-state index in [0.29, 0.717) is 5.41 Å². The second kappa shape index (κ2) is 3.85. The molecule has 0 unspecified atom stereocenters. The number of rotatable bonds is 0. The molecule has 0 N–H and O–H groups in total. The monoisotopic (exact) mass is 265 g/mol. The molecule has 3 aromatic rings. The minimum absolute atomic E-state index is 0.361. The Balaban J connectivity index is 2.12. The Morgan fingerprint density at radius 2 is 2.00 bits per heavy atom. The Hall–Kier alpha value is -1.83. The van der Waals surface area contributed by atoms with Crippen molar-refractivity contribution in [2.75, 3.05) is 0 Å². The van der Waals surface area contributed by atoms with Crippen LogP contribution in [0.1, 0.15) is 37.2 Å². The quantitative estimate of drug-likeness (QED) is 0.583. The van der Waals surface area contributed by atoms with Crippen molar-refractivity contribution in [3.05, 3.63) is 41.2 Å². The molecular weight excluding hydrogens is 246 g/mol. The van der Waals surface area contributed by atoms with Crippen LogP contribution in [0.3, 0.4) is 0 Å². The van der Waals surface area contributed by atoms with Crippen molar-refractivity contribution in [2.24, 2.45) is 5.41 Å². The molecule has 4 rings (SSSR count). The van der Waals surface area contributed by atoms with Crippen molar-refractivity contribution in [3.63, 3.8) is 0 Å². The van der Waals surface area contributed by atoms with E-state index in [2.05, 4.69) is 32.9 Å². The van der Waals surface area contributed by atoms with Crippen molar-refractivity contribution in [2.45, 2.75) is 40.0 Å². The van der Waals surface area contributed by atoms with Crippen molar-refractivity contribution in [1.29, 1.82) is 0 Å². The summed E-state index contributed by atoms with van der Waals surface area (Å²) in [7, 11) is 0. The van der Waals surface area contributed by atoms with Crippen LogP contribution in [-0.2, 0) is 12.8 Å². The third kappa shape index (κ3) is 1.60. The predicted octanol–water partition coefficient (Wildman–Crippen LogP) is 4.80. The number of hydrogen-bond acceptors (Lipinski definition) is 2. The van der Waals surface area contributed by atoms with E-state index in [1.165, 1.54) is 28.5 Å². The number of pyridine rings is 1. The summed E-state index contributed by atoms with van der Waals surface area (Å²) in [5.74, 6) is 0. The lowest BCUT2D eigenvalue weighted by molar-refractivity contribution is 0.311. The first-order valence-corrected chi connectivity index (χ1v) is 7.35. The van der Waals surface area contributed by atoms with Crippen LogP contribution in [0, 0.1) is 12.3 Å². The molecule has 0 bridgehead atoms. The smallest absolute Gasteiger partial charge is 0.156 e. The number of nitrogens with zero attached hydrogens (tertiary/aromatic N) is 1. The van der Waals surface area contributed by atoms with E-state index in [1.807, 2.05) is 12.1 Å². The van der Waals surface area contributed by atoms with Crippen molar-refractivity contribution in [3.8, 4) is 0 Å². The highest BCUT2D eigenvalue weighted by Gasteiger charge is 2.29. The first-order chi connectivity index (χ1) is 9.55. The number of aryl methyl sites for hydroxylation is 2. The topological polar surface area (TPSA) is 26.0 Å². The highest BCUT2D eigenvalue weighted by atomic mass is 16.3. The lowest BCUT2D eigenvalue weighted by Gasteiger charge is -2.31. The minimum Gasteiger partial charge on any atom is -0.454 e. The molecule has 0 spiro atoms. The Kier molecular flexibility index (Phi) is 2.30. The zero-order valence-corrected chi connectivity index (χ0v) is 12.3. The fraction of sp³-hybridized carbons (Fsp3) is 0.389. The summed E-state index contributed by atoms with van der Waals surface area (Å²) in [6.45, 7) is 6.74. The zero-order valence-electron chi connectivity index (χ0n) is 12.3. The average molecular weight is 265 g/mol. The van der Waals surface area contributed by atoms with Gasteiger partial charge < -0.3 is 4.42 Å². The van der Waals surface area contributed by atoms with Gasteiger partial charge >= 0.3 is 0 Å². The number of benzene rings is 1. The molecule has 0 atom stereocenters. The summed E-state index contributed by atoms with van der Waals surface area (Å²) >= 11 is 0. The lowest BCUT2D eigenvalue weighted by atomic mass is 9.75. The Morgan fingerprint density at radius 3 is 2.85 bits per heavy atom. The molecule has 0 amide bonds. The Labute approximate surface area is 118 Å². The third-order valence-electron chi connectivity index (χ3n) is 4.57.